The summed E-state index contributed by atoms with van der Waals surface area (Å²) in [7, 11) is 0. The average molecular weight is 258 g/mol. The lowest BCUT2D eigenvalue weighted by molar-refractivity contribution is 1.08. The molecule has 0 saturated heterocycles. The van der Waals surface area contributed by atoms with Crippen LogP contribution in [0, 0.1) is 0 Å². The van der Waals surface area contributed by atoms with Crippen molar-refractivity contribution < 1.29 is 0 Å². The van der Waals surface area contributed by atoms with Gasteiger partial charge in [-0.1, -0.05) is 30.3 Å². The Labute approximate surface area is 114 Å². The molecule has 1 aromatic carbocycles. The first-order valence-corrected chi connectivity index (χ1v) is 6.04. The van der Waals surface area contributed by atoms with Crippen molar-refractivity contribution in [1.29, 1.82) is 0 Å². The standard InChI is InChI=1S/C16H15N.ClH/c1-12(14-6-4-10-17-11-14)15-9-8-13-5-2-3-7-16(13)15;/h2-7,10-11H,8-9H2,1H3;1H. The molecule has 1 nitrogen and oxygen atoms in total. The summed E-state index contributed by atoms with van der Waals surface area (Å²) in [5, 5.41) is 0. The molecule has 0 unspecified atom stereocenters. The van der Waals surface area contributed by atoms with E-state index in [0.717, 1.165) is 6.42 Å². The third-order valence-corrected chi connectivity index (χ3v) is 3.53. The molecule has 1 aliphatic carbocycles. The van der Waals surface area contributed by atoms with Crippen LogP contribution < -0.4 is 0 Å². The van der Waals surface area contributed by atoms with Gasteiger partial charge in [0.25, 0.3) is 0 Å². The molecule has 2 heteroatoms. The van der Waals surface area contributed by atoms with Gasteiger partial charge in [0.2, 0.25) is 0 Å². The minimum atomic E-state index is 0. The molecule has 0 radical (unpaired) electrons. The second kappa shape index (κ2) is 5.36. The second-order valence-corrected chi connectivity index (χ2v) is 4.50. The van der Waals surface area contributed by atoms with Crippen LogP contribution in [0.2, 0.25) is 0 Å². The summed E-state index contributed by atoms with van der Waals surface area (Å²) in [4.78, 5) is 4.20. The first kappa shape index (κ1) is 12.8. The van der Waals surface area contributed by atoms with Crippen molar-refractivity contribution in [1.82, 2.24) is 4.98 Å². The lowest BCUT2D eigenvalue weighted by Crippen LogP contribution is -1.86. The molecule has 0 N–H and O–H groups in total. The minimum Gasteiger partial charge on any atom is -0.264 e. The number of halogens is 1. The second-order valence-electron chi connectivity index (χ2n) is 4.50. The number of pyridine rings is 1. The van der Waals surface area contributed by atoms with Gasteiger partial charge in [-0.3, -0.25) is 4.98 Å². The van der Waals surface area contributed by atoms with Crippen molar-refractivity contribution >= 4 is 23.6 Å². The van der Waals surface area contributed by atoms with Crippen LogP contribution >= 0.6 is 12.4 Å². The van der Waals surface area contributed by atoms with E-state index in [9.17, 15) is 0 Å². The highest BCUT2D eigenvalue weighted by Gasteiger charge is 2.17. The number of rotatable bonds is 1. The Morgan fingerprint density at radius 2 is 1.89 bits per heavy atom. The Morgan fingerprint density at radius 3 is 2.67 bits per heavy atom. The topological polar surface area (TPSA) is 12.9 Å². The summed E-state index contributed by atoms with van der Waals surface area (Å²) in [6.07, 6.45) is 6.09. The van der Waals surface area contributed by atoms with Crippen LogP contribution in [0.4, 0.5) is 0 Å². The first-order valence-electron chi connectivity index (χ1n) is 6.04. The van der Waals surface area contributed by atoms with Crippen molar-refractivity contribution in [3.8, 4) is 0 Å². The Kier molecular flexibility index (Phi) is 3.83. The predicted octanol–water partition coefficient (Wildman–Crippen LogP) is 4.38. The molecule has 0 saturated carbocycles. The maximum atomic E-state index is 4.20. The Morgan fingerprint density at radius 1 is 1.06 bits per heavy atom. The number of aryl methyl sites for hydroxylation is 1. The monoisotopic (exact) mass is 257 g/mol. The van der Waals surface area contributed by atoms with Gasteiger partial charge in [0, 0.05) is 12.4 Å². The van der Waals surface area contributed by atoms with Crippen molar-refractivity contribution in [2.75, 3.05) is 0 Å². The molecule has 1 aromatic heterocycles. The number of benzene rings is 1. The van der Waals surface area contributed by atoms with Gasteiger partial charge in [-0.25, -0.2) is 0 Å². The number of nitrogens with zero attached hydrogens (tertiary/aromatic N) is 1. The van der Waals surface area contributed by atoms with Crippen molar-refractivity contribution in [3.63, 3.8) is 0 Å². The molecule has 1 aliphatic rings. The molecule has 0 amide bonds. The molecular weight excluding hydrogens is 242 g/mol. The smallest absolute Gasteiger partial charge is 0.0343 e. The fourth-order valence-corrected chi connectivity index (χ4v) is 2.58. The Bertz CT molecular complexity index is 573. The van der Waals surface area contributed by atoms with Crippen molar-refractivity contribution in [3.05, 3.63) is 65.5 Å². The number of allylic oxidation sites excluding steroid dienone is 2. The maximum Gasteiger partial charge on any atom is 0.0343 e. The van der Waals surface area contributed by atoms with Gasteiger partial charge in [-0.05, 0) is 53.7 Å². The number of aromatic nitrogens is 1. The zero-order valence-corrected chi connectivity index (χ0v) is 11.2. The van der Waals surface area contributed by atoms with Crippen LogP contribution in [0.15, 0.2) is 48.8 Å². The summed E-state index contributed by atoms with van der Waals surface area (Å²) in [5.41, 5.74) is 6.98. The molecule has 1 heterocycles. The van der Waals surface area contributed by atoms with Gasteiger partial charge in [-0.2, -0.15) is 0 Å². The largest absolute Gasteiger partial charge is 0.264 e. The molecule has 0 fully saturated rings. The van der Waals surface area contributed by atoms with E-state index in [1.54, 1.807) is 0 Å². The lowest BCUT2D eigenvalue weighted by atomic mass is 9.98. The SMILES string of the molecule is CC(=C1CCc2ccccc21)c1cccnc1.Cl. The van der Waals surface area contributed by atoms with Crippen LogP contribution in [-0.2, 0) is 6.42 Å². The van der Waals surface area contributed by atoms with Crippen LogP contribution in [0.5, 0.6) is 0 Å². The zero-order valence-electron chi connectivity index (χ0n) is 10.4. The van der Waals surface area contributed by atoms with E-state index in [-0.39, 0.29) is 12.4 Å². The fourth-order valence-electron chi connectivity index (χ4n) is 2.58. The van der Waals surface area contributed by atoms with Gasteiger partial charge in [-0.15, -0.1) is 12.4 Å². The molecule has 0 atom stereocenters. The third-order valence-electron chi connectivity index (χ3n) is 3.53. The fraction of sp³-hybridized carbons (Fsp3) is 0.188. The molecule has 0 bridgehead atoms. The number of hydrogen-bond acceptors (Lipinski definition) is 1. The highest BCUT2D eigenvalue weighted by Crippen LogP contribution is 2.37. The van der Waals surface area contributed by atoms with E-state index >= 15 is 0 Å². The van der Waals surface area contributed by atoms with E-state index in [2.05, 4.69) is 42.2 Å². The maximum absolute atomic E-state index is 4.20. The first-order chi connectivity index (χ1) is 8.36. The van der Waals surface area contributed by atoms with Crippen molar-refractivity contribution in [2.24, 2.45) is 0 Å². The van der Waals surface area contributed by atoms with E-state index in [4.69, 9.17) is 0 Å². The van der Waals surface area contributed by atoms with Gasteiger partial charge in [0.15, 0.2) is 0 Å². The van der Waals surface area contributed by atoms with E-state index in [0.29, 0.717) is 0 Å². The lowest BCUT2D eigenvalue weighted by Gasteiger charge is -2.07. The van der Waals surface area contributed by atoms with Gasteiger partial charge in [0.05, 0.1) is 0 Å². The highest BCUT2D eigenvalue weighted by atomic mass is 35.5. The average Bonchev–Trinajstić information content (AvgIpc) is 2.83. The number of fused-ring (bicyclic) bond motifs is 1. The van der Waals surface area contributed by atoms with Gasteiger partial charge < -0.3 is 0 Å². The van der Waals surface area contributed by atoms with E-state index < -0.39 is 0 Å². The molecule has 3 rings (SSSR count). The van der Waals surface area contributed by atoms with Crippen LogP contribution in [0.3, 0.4) is 0 Å². The molecule has 92 valence electrons. The Hall–Kier alpha value is -1.60. The van der Waals surface area contributed by atoms with E-state index in [1.807, 2.05) is 18.5 Å². The van der Waals surface area contributed by atoms with E-state index in [1.165, 1.54) is 34.3 Å². The summed E-state index contributed by atoms with van der Waals surface area (Å²) in [5.74, 6) is 0. The highest BCUT2D eigenvalue weighted by molar-refractivity contribution is 5.92. The molecule has 18 heavy (non-hydrogen) atoms. The predicted molar refractivity (Wildman–Crippen MR) is 78.7 cm³/mol. The normalized spacial score (nSPS) is 15.8. The molecule has 0 spiro atoms. The molecule has 2 aromatic rings. The minimum absolute atomic E-state index is 0. The van der Waals surface area contributed by atoms with Gasteiger partial charge in [0.1, 0.15) is 0 Å². The van der Waals surface area contributed by atoms with Crippen LogP contribution in [0.1, 0.15) is 30.0 Å². The summed E-state index contributed by atoms with van der Waals surface area (Å²) in [6.45, 7) is 2.20. The van der Waals surface area contributed by atoms with Crippen molar-refractivity contribution in [2.45, 2.75) is 19.8 Å². The molecular formula is C16H16ClN. The van der Waals surface area contributed by atoms with Crippen LogP contribution in [-0.4, -0.2) is 4.98 Å². The summed E-state index contributed by atoms with van der Waals surface area (Å²) >= 11 is 0. The number of hydrogen-bond donors (Lipinski definition) is 0. The quantitative estimate of drug-likeness (QED) is 0.739. The summed E-state index contributed by atoms with van der Waals surface area (Å²) in [6, 6.07) is 12.9. The third kappa shape index (κ3) is 2.19. The van der Waals surface area contributed by atoms with Crippen LogP contribution in [0.25, 0.3) is 11.1 Å². The molecule has 0 aliphatic heterocycles. The Balaban J connectivity index is 0.00000120. The van der Waals surface area contributed by atoms with Gasteiger partial charge >= 0.3 is 0 Å². The summed E-state index contributed by atoms with van der Waals surface area (Å²) < 4.78 is 0. The zero-order chi connectivity index (χ0) is 11.7.